The first kappa shape index (κ1) is 30.7. The van der Waals surface area contributed by atoms with Crippen molar-refractivity contribution in [1.82, 2.24) is 0 Å². The Balaban J connectivity index is 0.00000361. The quantitative estimate of drug-likeness (QED) is 0.108. The summed E-state index contributed by atoms with van der Waals surface area (Å²) in [5, 5.41) is 13.2. The molecule has 1 aliphatic heterocycles. The molecule has 1 aliphatic carbocycles. The number of esters is 1. The summed E-state index contributed by atoms with van der Waals surface area (Å²) in [6, 6.07) is 3.14. The maximum Gasteiger partial charge on any atom is 1.00 e. The van der Waals surface area contributed by atoms with Gasteiger partial charge in [-0.25, -0.2) is 4.79 Å². The summed E-state index contributed by atoms with van der Waals surface area (Å²) in [6.07, 6.45) is 0. The molecule has 1 heterocycles. The standard InChI is InChI=1S/C23H11Br4Cl3O5.Na/c1-3-34-23(33)13-11(6(2)16(28)18(30)17(13)29)12-7-4-9(24)19(31)14(26)21(7)35-22-8(12)5-10(25)20(32)15(22)27;/h4-5,31H,3H2,1-2H3;/q;+1/p-1. The van der Waals surface area contributed by atoms with E-state index in [-0.39, 0.29) is 97.2 Å². The van der Waals surface area contributed by atoms with Gasteiger partial charge in [-0.2, -0.15) is 0 Å². The summed E-state index contributed by atoms with van der Waals surface area (Å²) in [6.45, 7) is 3.44. The zero-order valence-corrected chi connectivity index (χ0v) is 29.2. The third-order valence-electron chi connectivity index (χ3n) is 5.29. The van der Waals surface area contributed by atoms with Crippen molar-refractivity contribution in [2.24, 2.45) is 0 Å². The predicted molar refractivity (Wildman–Crippen MR) is 151 cm³/mol. The fourth-order valence-corrected chi connectivity index (χ4v) is 6.88. The van der Waals surface area contributed by atoms with Crippen molar-refractivity contribution < 1.29 is 48.6 Å². The second-order valence-corrected chi connectivity index (χ2v) is 11.7. The average molecular weight is 815 g/mol. The van der Waals surface area contributed by atoms with Crippen LogP contribution in [0.1, 0.15) is 22.8 Å². The number of ether oxygens (including phenoxy) is 1. The third-order valence-corrected chi connectivity index (χ3v) is 9.33. The van der Waals surface area contributed by atoms with Crippen LogP contribution in [0.4, 0.5) is 0 Å². The van der Waals surface area contributed by atoms with E-state index >= 15 is 0 Å². The number of benzene rings is 3. The van der Waals surface area contributed by atoms with Gasteiger partial charge in [0.15, 0.2) is 5.76 Å². The second kappa shape index (κ2) is 11.7. The summed E-state index contributed by atoms with van der Waals surface area (Å²) < 4.78 is 12.1. The molecule has 0 bridgehead atoms. The van der Waals surface area contributed by atoms with E-state index < -0.39 is 5.97 Å². The molecule has 0 fully saturated rings. The second-order valence-electron chi connectivity index (χ2n) is 7.27. The summed E-state index contributed by atoms with van der Waals surface area (Å²) in [5.74, 6) is -0.926. The van der Waals surface area contributed by atoms with E-state index in [1.807, 2.05) is 0 Å². The first-order valence-electron chi connectivity index (χ1n) is 9.70. The fraction of sp³-hybridized carbons (Fsp3) is 0.130. The zero-order valence-electron chi connectivity index (χ0n) is 18.5. The Morgan fingerprint density at radius 1 is 1.00 bits per heavy atom. The summed E-state index contributed by atoms with van der Waals surface area (Å²) >= 11 is 32.7. The van der Waals surface area contributed by atoms with Gasteiger partial charge in [0.1, 0.15) is 10.1 Å². The molecule has 2 aromatic rings. The van der Waals surface area contributed by atoms with Crippen LogP contribution in [0.15, 0.2) is 39.2 Å². The Kier molecular flexibility index (Phi) is 10.0. The van der Waals surface area contributed by atoms with Gasteiger partial charge in [0, 0.05) is 26.5 Å². The van der Waals surface area contributed by atoms with Gasteiger partial charge in [0.05, 0.1) is 36.2 Å². The van der Waals surface area contributed by atoms with Crippen LogP contribution in [-0.2, 0) is 4.74 Å². The molecule has 0 unspecified atom stereocenters. The Morgan fingerprint density at radius 3 is 2.25 bits per heavy atom. The molecule has 0 atom stereocenters. The Labute approximate surface area is 275 Å². The van der Waals surface area contributed by atoms with Gasteiger partial charge in [-0.3, -0.25) is 4.79 Å². The molecule has 2 aromatic carbocycles. The van der Waals surface area contributed by atoms with Crippen LogP contribution in [0.5, 0.6) is 5.75 Å². The van der Waals surface area contributed by atoms with Crippen LogP contribution in [-0.4, -0.2) is 12.6 Å². The molecular weight excluding hydrogens is 805 g/mol. The normalized spacial score (nSPS) is 11.1. The third kappa shape index (κ3) is 4.95. The predicted octanol–water partition coefficient (Wildman–Crippen LogP) is 6.14. The van der Waals surface area contributed by atoms with E-state index in [4.69, 9.17) is 44.0 Å². The molecule has 0 saturated heterocycles. The molecule has 0 N–H and O–H groups in total. The van der Waals surface area contributed by atoms with Crippen LogP contribution >= 0.6 is 98.5 Å². The van der Waals surface area contributed by atoms with Crippen LogP contribution in [0, 0.1) is 6.92 Å². The average Bonchev–Trinajstić information content (AvgIpc) is 2.82. The minimum atomic E-state index is -0.714. The number of carbonyl (C=O) groups is 1. The molecule has 2 aliphatic rings. The first-order chi connectivity index (χ1) is 16.4. The van der Waals surface area contributed by atoms with Crippen molar-refractivity contribution in [2.45, 2.75) is 13.8 Å². The maximum absolute atomic E-state index is 13.2. The maximum atomic E-state index is 13.2. The van der Waals surface area contributed by atoms with Gasteiger partial charge >= 0.3 is 35.5 Å². The SMILES string of the molecule is CCOC(=O)c1c(Cl)c(Cl)c(Cl)c(C)c1-c1c2cc(Br)c(=O)c(Br)c-2oc2c(Br)c([O-])c(Br)cc12.[Na+]. The molecular formula is C23H10Br4Cl3NaO5. The van der Waals surface area contributed by atoms with Gasteiger partial charge in [0.2, 0.25) is 5.43 Å². The minimum Gasteiger partial charge on any atom is -0.871 e. The number of fused-ring (bicyclic) bond motifs is 2. The number of hydrogen-bond donors (Lipinski definition) is 0. The molecule has 4 rings (SSSR count). The topological polar surface area (TPSA) is 79.6 Å². The molecule has 5 nitrogen and oxygen atoms in total. The Morgan fingerprint density at radius 2 is 1.64 bits per heavy atom. The molecule has 0 radical (unpaired) electrons. The summed E-state index contributed by atoms with van der Waals surface area (Å²) in [4.78, 5) is 25.8. The molecule has 13 heteroatoms. The van der Waals surface area contributed by atoms with Crippen molar-refractivity contribution in [3.05, 3.63) is 66.4 Å². The van der Waals surface area contributed by atoms with Crippen molar-refractivity contribution in [3.8, 4) is 28.2 Å². The largest absolute Gasteiger partial charge is 1.00 e. The molecule has 0 spiro atoms. The van der Waals surface area contributed by atoms with Crippen molar-refractivity contribution in [3.63, 3.8) is 0 Å². The molecule has 0 aromatic heterocycles. The van der Waals surface area contributed by atoms with E-state index in [0.717, 1.165) is 0 Å². The smallest absolute Gasteiger partial charge is 0.871 e. The van der Waals surface area contributed by atoms with Gasteiger partial charge < -0.3 is 14.3 Å². The number of carbonyl (C=O) groups excluding carboxylic acids is 1. The van der Waals surface area contributed by atoms with Crippen LogP contribution < -0.4 is 40.1 Å². The molecule has 36 heavy (non-hydrogen) atoms. The van der Waals surface area contributed by atoms with Crippen LogP contribution in [0.25, 0.3) is 33.4 Å². The fourth-order valence-electron chi connectivity index (χ4n) is 3.74. The Bertz CT molecular complexity index is 1610. The molecule has 0 amide bonds. The number of rotatable bonds is 3. The first-order valence-corrected chi connectivity index (χ1v) is 14.0. The van der Waals surface area contributed by atoms with Crippen molar-refractivity contribution in [1.29, 1.82) is 0 Å². The van der Waals surface area contributed by atoms with Gasteiger partial charge in [0.25, 0.3) is 0 Å². The Hall–Kier alpha value is 0.190. The summed E-state index contributed by atoms with van der Waals surface area (Å²) in [7, 11) is 0. The molecule has 0 saturated carbocycles. The minimum absolute atomic E-state index is 0. The molecule has 182 valence electrons. The number of halogens is 7. The zero-order chi connectivity index (χ0) is 25.9. The van der Waals surface area contributed by atoms with Crippen LogP contribution in [0.2, 0.25) is 15.1 Å². The number of hydrogen-bond acceptors (Lipinski definition) is 5. The van der Waals surface area contributed by atoms with Gasteiger partial charge in [-0.05, 0) is 79.3 Å². The van der Waals surface area contributed by atoms with E-state index in [1.54, 1.807) is 26.0 Å². The van der Waals surface area contributed by atoms with Crippen molar-refractivity contribution in [2.75, 3.05) is 6.61 Å². The van der Waals surface area contributed by atoms with E-state index in [1.165, 1.54) is 0 Å². The van der Waals surface area contributed by atoms with Crippen LogP contribution in [0.3, 0.4) is 0 Å². The summed E-state index contributed by atoms with van der Waals surface area (Å²) in [5.41, 5.74) is 1.42. The monoisotopic (exact) mass is 810 g/mol. The van der Waals surface area contributed by atoms with E-state index in [9.17, 15) is 14.7 Å². The van der Waals surface area contributed by atoms with Gasteiger partial charge in [-0.15, -0.1) is 0 Å². The van der Waals surface area contributed by atoms with Gasteiger partial charge in [-0.1, -0.05) is 56.5 Å². The van der Waals surface area contributed by atoms with Crippen molar-refractivity contribution >= 4 is 115 Å². The van der Waals surface area contributed by atoms with E-state index in [0.29, 0.717) is 27.6 Å². The van der Waals surface area contributed by atoms with E-state index in [2.05, 4.69) is 63.7 Å².